The molecule has 0 aliphatic carbocycles. The lowest BCUT2D eigenvalue weighted by Crippen LogP contribution is -2.41. The number of rotatable bonds is 5. The molecule has 0 fully saturated rings. The molecule has 84 valence electrons. The van der Waals surface area contributed by atoms with Gasteiger partial charge >= 0.3 is 0 Å². The molecule has 0 unspecified atom stereocenters. The fraction of sp³-hybridized carbons (Fsp3) is 0.444. The smallest absolute Gasteiger partial charge is 0.277 e. The molecule has 1 aromatic heterocycles. The number of alkyl halides is 2. The molecule has 0 saturated carbocycles. The largest absolute Gasteiger partial charge is 0.350 e. The molecule has 1 rings (SSSR count). The van der Waals surface area contributed by atoms with Crippen LogP contribution < -0.4 is 11.1 Å². The van der Waals surface area contributed by atoms with E-state index in [2.05, 4.69) is 5.32 Å². The molecule has 0 saturated heterocycles. The highest BCUT2D eigenvalue weighted by Gasteiger charge is 2.26. The number of nitrogens with two attached hydrogens (primary N) is 1. The van der Waals surface area contributed by atoms with Crippen molar-refractivity contribution in [2.24, 2.45) is 5.73 Å². The van der Waals surface area contributed by atoms with Gasteiger partial charge in [0.15, 0.2) is 0 Å². The Morgan fingerprint density at radius 1 is 1.60 bits per heavy atom. The van der Waals surface area contributed by atoms with E-state index >= 15 is 0 Å². The maximum Gasteiger partial charge on any atom is 0.277 e. The van der Waals surface area contributed by atoms with Gasteiger partial charge < -0.3 is 11.1 Å². The van der Waals surface area contributed by atoms with Gasteiger partial charge in [-0.1, -0.05) is 0 Å². The van der Waals surface area contributed by atoms with Gasteiger partial charge in [-0.25, -0.2) is 8.78 Å². The van der Waals surface area contributed by atoms with Gasteiger partial charge in [0, 0.05) is 0 Å². The summed E-state index contributed by atoms with van der Waals surface area (Å²) in [7, 11) is 0. The molecule has 3 nitrogen and oxygen atoms in total. The Hall–Kier alpha value is -1.01. The summed E-state index contributed by atoms with van der Waals surface area (Å²) in [6.45, 7) is -1.46. The van der Waals surface area contributed by atoms with E-state index in [9.17, 15) is 13.6 Å². The Balaban J connectivity index is 2.31. The van der Waals surface area contributed by atoms with E-state index in [1.807, 2.05) is 5.38 Å². The molecule has 0 aliphatic rings. The zero-order chi connectivity index (χ0) is 11.3. The van der Waals surface area contributed by atoms with Crippen LogP contribution in [0, 0.1) is 0 Å². The summed E-state index contributed by atoms with van der Waals surface area (Å²) < 4.78 is 25.3. The summed E-state index contributed by atoms with van der Waals surface area (Å²) in [5, 5.41) is 5.78. The monoisotopic (exact) mass is 234 g/mol. The minimum atomic E-state index is -3.02. The van der Waals surface area contributed by atoms with Crippen LogP contribution in [0.4, 0.5) is 8.78 Å². The maximum atomic E-state index is 12.7. The summed E-state index contributed by atoms with van der Waals surface area (Å²) in [4.78, 5) is 11.2. The highest BCUT2D eigenvalue weighted by atomic mass is 32.1. The van der Waals surface area contributed by atoms with Crippen LogP contribution in [0.25, 0.3) is 0 Å². The summed E-state index contributed by atoms with van der Waals surface area (Å²) >= 11 is 1.46. The highest BCUT2D eigenvalue weighted by Crippen LogP contribution is 2.09. The van der Waals surface area contributed by atoms with Gasteiger partial charge in [0.25, 0.3) is 5.92 Å². The predicted molar refractivity (Wildman–Crippen MR) is 55.0 cm³/mol. The molecule has 0 aromatic carbocycles. The third-order valence-electron chi connectivity index (χ3n) is 1.79. The second kappa shape index (κ2) is 5.18. The van der Waals surface area contributed by atoms with Crippen molar-refractivity contribution in [3.05, 3.63) is 22.4 Å². The first-order valence-electron chi connectivity index (χ1n) is 4.39. The van der Waals surface area contributed by atoms with Crippen LogP contribution in [-0.2, 0) is 11.2 Å². The summed E-state index contributed by atoms with van der Waals surface area (Å²) in [5.74, 6) is -3.44. The first-order valence-corrected chi connectivity index (χ1v) is 5.33. The van der Waals surface area contributed by atoms with Crippen LogP contribution in [0.1, 0.15) is 5.56 Å². The van der Waals surface area contributed by atoms with Crippen LogP contribution in [0.3, 0.4) is 0 Å². The van der Waals surface area contributed by atoms with E-state index < -0.39 is 24.9 Å². The van der Waals surface area contributed by atoms with Crippen molar-refractivity contribution < 1.29 is 13.6 Å². The van der Waals surface area contributed by atoms with Gasteiger partial charge in [0.1, 0.15) is 0 Å². The van der Waals surface area contributed by atoms with Gasteiger partial charge in [-0.15, -0.1) is 0 Å². The number of halogens is 2. The molecule has 1 aromatic rings. The summed E-state index contributed by atoms with van der Waals surface area (Å²) in [5.41, 5.74) is 5.66. The van der Waals surface area contributed by atoms with E-state index in [1.54, 1.807) is 11.4 Å². The maximum absolute atomic E-state index is 12.7. The van der Waals surface area contributed by atoms with E-state index in [4.69, 9.17) is 5.73 Å². The zero-order valence-electron chi connectivity index (χ0n) is 8.00. The number of thiophene rings is 1. The Morgan fingerprint density at radius 3 is 2.87 bits per heavy atom. The van der Waals surface area contributed by atoms with Crippen molar-refractivity contribution in [3.8, 4) is 0 Å². The molecule has 0 aliphatic heterocycles. The predicted octanol–water partition coefficient (Wildman–Crippen LogP) is 1.00. The molecule has 0 radical (unpaired) electrons. The quantitative estimate of drug-likeness (QED) is 0.798. The number of amides is 1. The van der Waals surface area contributed by atoms with Crippen molar-refractivity contribution in [2.45, 2.75) is 12.3 Å². The van der Waals surface area contributed by atoms with Crippen molar-refractivity contribution >= 4 is 17.2 Å². The topological polar surface area (TPSA) is 55.1 Å². The number of nitrogens with one attached hydrogen (secondary N) is 1. The molecular formula is C9H12F2N2OS. The van der Waals surface area contributed by atoms with Gasteiger partial charge in [0.05, 0.1) is 19.5 Å². The minimum Gasteiger partial charge on any atom is -0.350 e. The van der Waals surface area contributed by atoms with Gasteiger partial charge in [-0.05, 0) is 22.4 Å². The Labute approximate surface area is 90.3 Å². The fourth-order valence-electron chi connectivity index (χ4n) is 0.941. The molecule has 15 heavy (non-hydrogen) atoms. The van der Waals surface area contributed by atoms with Crippen LogP contribution in [-0.4, -0.2) is 24.9 Å². The summed E-state index contributed by atoms with van der Waals surface area (Å²) in [6, 6.07) is 1.78. The standard InChI is InChI=1S/C9H12F2N2OS/c10-9(11,5-12)6-13-8(14)3-7-1-2-15-4-7/h1-2,4H,3,5-6,12H2,(H,13,14). The number of carbonyl (C=O) groups is 1. The molecule has 0 spiro atoms. The Kier molecular flexibility index (Phi) is 4.16. The third kappa shape index (κ3) is 4.35. The van der Waals surface area contributed by atoms with Gasteiger partial charge in [0.2, 0.25) is 5.91 Å². The third-order valence-corrected chi connectivity index (χ3v) is 2.52. The van der Waals surface area contributed by atoms with E-state index in [0.717, 1.165) is 5.56 Å². The van der Waals surface area contributed by atoms with E-state index in [0.29, 0.717) is 0 Å². The van der Waals surface area contributed by atoms with E-state index in [1.165, 1.54) is 11.3 Å². The fourth-order valence-corrected chi connectivity index (χ4v) is 1.61. The molecule has 3 N–H and O–H groups in total. The molecule has 1 amide bonds. The lowest BCUT2D eigenvalue weighted by Gasteiger charge is -2.14. The number of hydrogen-bond acceptors (Lipinski definition) is 3. The molecule has 0 bridgehead atoms. The first-order chi connectivity index (χ1) is 7.03. The first kappa shape index (κ1) is 12.1. The lowest BCUT2D eigenvalue weighted by molar-refractivity contribution is -0.122. The van der Waals surface area contributed by atoms with Crippen molar-refractivity contribution in [2.75, 3.05) is 13.1 Å². The van der Waals surface area contributed by atoms with Gasteiger partial charge in [-0.3, -0.25) is 4.79 Å². The van der Waals surface area contributed by atoms with Crippen molar-refractivity contribution in [1.82, 2.24) is 5.32 Å². The molecule has 6 heteroatoms. The SMILES string of the molecule is NCC(F)(F)CNC(=O)Cc1ccsc1. The second-order valence-corrected chi connectivity index (χ2v) is 3.93. The minimum absolute atomic E-state index is 0.129. The summed E-state index contributed by atoms with van der Waals surface area (Å²) in [6.07, 6.45) is 0.129. The highest BCUT2D eigenvalue weighted by molar-refractivity contribution is 7.07. The molecule has 1 heterocycles. The van der Waals surface area contributed by atoms with Crippen molar-refractivity contribution in [1.29, 1.82) is 0 Å². The number of hydrogen-bond donors (Lipinski definition) is 2. The average Bonchev–Trinajstić information content (AvgIpc) is 2.68. The van der Waals surface area contributed by atoms with Crippen LogP contribution >= 0.6 is 11.3 Å². The van der Waals surface area contributed by atoms with Crippen LogP contribution in [0.5, 0.6) is 0 Å². The zero-order valence-corrected chi connectivity index (χ0v) is 8.82. The lowest BCUT2D eigenvalue weighted by atomic mass is 10.2. The van der Waals surface area contributed by atoms with Crippen LogP contribution in [0.2, 0.25) is 0 Å². The normalized spacial score (nSPS) is 11.4. The Bertz CT molecular complexity index is 314. The second-order valence-electron chi connectivity index (χ2n) is 3.15. The van der Waals surface area contributed by atoms with Gasteiger partial charge in [-0.2, -0.15) is 11.3 Å². The molecule has 0 atom stereocenters. The van der Waals surface area contributed by atoms with Crippen molar-refractivity contribution in [3.63, 3.8) is 0 Å². The van der Waals surface area contributed by atoms with E-state index in [-0.39, 0.29) is 6.42 Å². The number of carbonyl (C=O) groups excluding carboxylic acids is 1. The van der Waals surface area contributed by atoms with Crippen LogP contribution in [0.15, 0.2) is 16.8 Å². The average molecular weight is 234 g/mol. The Morgan fingerprint density at radius 2 is 2.33 bits per heavy atom. The molecular weight excluding hydrogens is 222 g/mol.